The number of aliphatic hydroxyl groups is 1. The second-order valence-electron chi connectivity index (χ2n) is 11.0. The molecule has 0 spiro atoms. The molecule has 0 aliphatic carbocycles. The van der Waals surface area contributed by atoms with Gasteiger partial charge in [0, 0.05) is 68.3 Å². The third-order valence-corrected chi connectivity index (χ3v) is 8.16. The van der Waals surface area contributed by atoms with Crippen LogP contribution in [0.15, 0.2) is 54.7 Å². The number of piperazine rings is 1. The van der Waals surface area contributed by atoms with E-state index in [0.717, 1.165) is 51.5 Å². The van der Waals surface area contributed by atoms with Crippen LogP contribution < -0.4 is 15.0 Å². The molecule has 2 aromatic carbocycles. The second-order valence-corrected chi connectivity index (χ2v) is 11.0. The van der Waals surface area contributed by atoms with Gasteiger partial charge in [-0.15, -0.1) is 0 Å². The lowest BCUT2D eigenvalue weighted by molar-refractivity contribution is -0.133. The van der Waals surface area contributed by atoms with Crippen LogP contribution in [0.4, 0.5) is 17.2 Å². The van der Waals surface area contributed by atoms with E-state index in [1.165, 1.54) is 5.69 Å². The topological polar surface area (TPSA) is 127 Å². The lowest BCUT2D eigenvalue weighted by Crippen LogP contribution is -2.56. The van der Waals surface area contributed by atoms with Gasteiger partial charge in [-0.05, 0) is 55.0 Å². The molecule has 0 unspecified atom stereocenters. The van der Waals surface area contributed by atoms with Crippen LogP contribution in [0, 0.1) is 17.2 Å². The lowest BCUT2D eigenvalue weighted by atomic mass is 10.1. The number of nitriles is 1. The average molecular weight is 570 g/mol. The Morgan fingerprint density at radius 3 is 2.62 bits per heavy atom. The third kappa shape index (κ3) is 6.46. The molecule has 6 rings (SSSR count). The summed E-state index contributed by atoms with van der Waals surface area (Å²) in [6, 6.07) is 18.3. The first-order valence-electron chi connectivity index (χ1n) is 14.4. The van der Waals surface area contributed by atoms with Crippen molar-refractivity contribution in [3.63, 3.8) is 0 Å². The fourth-order valence-electron chi connectivity index (χ4n) is 5.64. The summed E-state index contributed by atoms with van der Waals surface area (Å²) in [5.74, 6) is 1.58. The minimum absolute atomic E-state index is 0.164. The van der Waals surface area contributed by atoms with Crippen LogP contribution in [0.3, 0.4) is 0 Å². The first-order valence-corrected chi connectivity index (χ1v) is 14.4. The molecule has 218 valence electrons. The summed E-state index contributed by atoms with van der Waals surface area (Å²) in [6.45, 7) is 6.95. The van der Waals surface area contributed by atoms with E-state index in [-0.39, 0.29) is 11.8 Å². The Hall–Kier alpha value is -4.24. The number of hydrogen-bond acceptors (Lipinski definition) is 10. The maximum Gasteiger partial charge on any atom is 0.248 e. The number of amides is 1. The number of aliphatic hydroxyl groups excluding tert-OH is 1. The molecule has 3 fully saturated rings. The zero-order valence-corrected chi connectivity index (χ0v) is 23.5. The fourth-order valence-corrected chi connectivity index (χ4v) is 5.64. The number of nitrogens with one attached hydrogen (secondary N) is 1. The van der Waals surface area contributed by atoms with Crippen molar-refractivity contribution in [1.82, 2.24) is 19.8 Å². The normalized spacial score (nSPS) is 19.3. The van der Waals surface area contributed by atoms with Crippen LogP contribution in [-0.4, -0.2) is 103 Å². The smallest absolute Gasteiger partial charge is 0.248 e. The molecule has 3 aromatic rings. The Labute approximate surface area is 245 Å². The van der Waals surface area contributed by atoms with Crippen LogP contribution in [0.25, 0.3) is 11.4 Å². The summed E-state index contributed by atoms with van der Waals surface area (Å²) in [6.07, 6.45) is 2.50. The van der Waals surface area contributed by atoms with E-state index < -0.39 is 6.61 Å². The Kier molecular flexibility index (Phi) is 8.46. The van der Waals surface area contributed by atoms with Crippen molar-refractivity contribution in [3.8, 4) is 23.2 Å². The van der Waals surface area contributed by atoms with Gasteiger partial charge in [-0.1, -0.05) is 0 Å². The summed E-state index contributed by atoms with van der Waals surface area (Å²) >= 11 is 0. The number of nitrogens with zero attached hydrogens (tertiary/aromatic N) is 6. The van der Waals surface area contributed by atoms with Crippen molar-refractivity contribution >= 4 is 23.1 Å². The number of ether oxygens (including phenoxy) is 2. The van der Waals surface area contributed by atoms with Crippen LogP contribution in [-0.2, 0) is 9.53 Å². The van der Waals surface area contributed by atoms with E-state index in [9.17, 15) is 10.1 Å². The molecule has 1 amide bonds. The molecular weight excluding hydrogens is 534 g/mol. The molecule has 1 atom stereocenters. The lowest BCUT2D eigenvalue weighted by Gasteiger charge is -2.43. The van der Waals surface area contributed by atoms with Crippen LogP contribution in [0.2, 0.25) is 0 Å². The molecule has 11 nitrogen and oxygen atoms in total. The number of likely N-dealkylation sites (tertiary alicyclic amines) is 1. The van der Waals surface area contributed by atoms with Gasteiger partial charge in [0.25, 0.3) is 0 Å². The van der Waals surface area contributed by atoms with Gasteiger partial charge < -0.3 is 29.7 Å². The van der Waals surface area contributed by atoms with Crippen molar-refractivity contribution in [2.45, 2.75) is 12.5 Å². The van der Waals surface area contributed by atoms with E-state index in [2.05, 4.69) is 50.4 Å². The number of anilines is 3. The highest BCUT2D eigenvalue weighted by Crippen LogP contribution is 2.27. The van der Waals surface area contributed by atoms with Gasteiger partial charge in [0.2, 0.25) is 5.91 Å². The Balaban J connectivity index is 1.08. The highest BCUT2D eigenvalue weighted by molar-refractivity contribution is 5.77. The second kappa shape index (κ2) is 12.7. The molecule has 0 bridgehead atoms. The van der Waals surface area contributed by atoms with Gasteiger partial charge in [-0.25, -0.2) is 9.97 Å². The van der Waals surface area contributed by atoms with Crippen molar-refractivity contribution in [3.05, 3.63) is 60.3 Å². The van der Waals surface area contributed by atoms with E-state index in [1.54, 1.807) is 23.2 Å². The van der Waals surface area contributed by atoms with Gasteiger partial charge in [0.05, 0.1) is 37.5 Å². The molecule has 3 saturated heterocycles. The van der Waals surface area contributed by atoms with Gasteiger partial charge >= 0.3 is 0 Å². The largest absolute Gasteiger partial charge is 0.493 e. The van der Waals surface area contributed by atoms with Crippen molar-refractivity contribution in [2.75, 3.05) is 75.9 Å². The van der Waals surface area contributed by atoms with Crippen LogP contribution >= 0.6 is 0 Å². The minimum atomic E-state index is -0.477. The molecule has 42 heavy (non-hydrogen) atoms. The predicted molar refractivity (Wildman–Crippen MR) is 158 cm³/mol. The molecule has 3 aliphatic rings. The van der Waals surface area contributed by atoms with Crippen LogP contribution in [0.5, 0.6) is 5.75 Å². The van der Waals surface area contributed by atoms with Gasteiger partial charge in [0.1, 0.15) is 18.2 Å². The molecule has 11 heteroatoms. The van der Waals surface area contributed by atoms with E-state index >= 15 is 0 Å². The highest BCUT2D eigenvalue weighted by Gasteiger charge is 2.29. The zero-order valence-electron chi connectivity index (χ0n) is 23.5. The number of hydrogen-bond donors (Lipinski definition) is 2. The van der Waals surface area contributed by atoms with E-state index in [4.69, 9.17) is 19.6 Å². The predicted octanol–water partition coefficient (Wildman–Crippen LogP) is 2.50. The summed E-state index contributed by atoms with van der Waals surface area (Å²) in [5, 5.41) is 22.1. The highest BCUT2D eigenvalue weighted by atomic mass is 16.5. The summed E-state index contributed by atoms with van der Waals surface area (Å²) in [4.78, 5) is 27.5. The molecule has 1 aromatic heterocycles. The Bertz CT molecular complexity index is 1430. The van der Waals surface area contributed by atoms with Crippen LogP contribution in [0.1, 0.15) is 12.0 Å². The number of rotatable bonds is 9. The SMILES string of the molecule is N#Cc1cc(OC[C@H]2CCN(C(=O)CO)C2)cc(-c2nccc(Nc3ccc(N4CCN(C5COC5)CC4)cc3)n2)c1. The molecule has 2 N–H and O–H groups in total. The molecule has 4 heterocycles. The molecule has 0 radical (unpaired) electrons. The van der Waals surface area contributed by atoms with Gasteiger partial charge in [-0.2, -0.15) is 5.26 Å². The Morgan fingerprint density at radius 1 is 1.10 bits per heavy atom. The van der Waals surface area contributed by atoms with E-state index in [0.29, 0.717) is 54.3 Å². The summed E-state index contributed by atoms with van der Waals surface area (Å²) < 4.78 is 11.4. The molecule has 3 aliphatic heterocycles. The van der Waals surface area contributed by atoms with Gasteiger partial charge in [0.15, 0.2) is 5.82 Å². The standard InChI is InChI=1S/C31H35N7O4/c32-16-23-13-24(15-28(14-23)42-19-22-6-8-38(17-22)30(40)18-39)31-33-7-5-29(35-31)34-25-1-3-26(4-2-25)36-9-11-37(12-10-36)27-20-41-21-27/h1-5,7,13-15,22,27,39H,6,8-12,17-21H2,(H,33,34,35)/t22-/m0/s1. The number of carbonyl (C=O) groups is 1. The first-order chi connectivity index (χ1) is 20.6. The summed E-state index contributed by atoms with van der Waals surface area (Å²) in [7, 11) is 0. The first kappa shape index (κ1) is 27.9. The van der Waals surface area contributed by atoms with Crippen molar-refractivity contribution in [1.29, 1.82) is 5.26 Å². The summed E-state index contributed by atoms with van der Waals surface area (Å²) in [5.41, 5.74) is 3.26. The molecule has 0 saturated carbocycles. The maximum absolute atomic E-state index is 11.8. The fraction of sp³-hybridized carbons (Fsp3) is 0.419. The Morgan fingerprint density at radius 2 is 1.90 bits per heavy atom. The number of benzene rings is 2. The van der Waals surface area contributed by atoms with Crippen molar-refractivity contribution < 1.29 is 19.4 Å². The average Bonchev–Trinajstić information content (AvgIpc) is 3.49. The zero-order chi connectivity index (χ0) is 28.9. The minimum Gasteiger partial charge on any atom is -0.493 e. The van der Waals surface area contributed by atoms with Crippen molar-refractivity contribution in [2.24, 2.45) is 5.92 Å². The monoisotopic (exact) mass is 569 g/mol. The quantitative estimate of drug-likeness (QED) is 0.397. The third-order valence-electron chi connectivity index (χ3n) is 8.16. The molecular formula is C31H35N7O4. The maximum atomic E-state index is 11.8. The number of aromatic nitrogens is 2. The van der Waals surface area contributed by atoms with E-state index in [1.807, 2.05) is 12.1 Å². The van der Waals surface area contributed by atoms with Gasteiger partial charge in [-0.3, -0.25) is 9.69 Å². The number of carbonyl (C=O) groups excluding carboxylic acids is 1.